The van der Waals surface area contributed by atoms with Gasteiger partial charge in [0.05, 0.1) is 6.67 Å². The highest BCUT2D eigenvalue weighted by molar-refractivity contribution is 5.97. The van der Waals surface area contributed by atoms with Gasteiger partial charge in [-0.15, -0.1) is 0 Å². The Bertz CT molecular complexity index is 1130. The highest BCUT2D eigenvalue weighted by Crippen LogP contribution is 2.39. The first-order valence-electron chi connectivity index (χ1n) is 15.1. The molecule has 2 aromatic rings. The first-order valence-corrected chi connectivity index (χ1v) is 15.1. The fraction of sp³-hybridized carbons (Fsp3) is 0.545. The number of rotatable bonds is 12. The summed E-state index contributed by atoms with van der Waals surface area (Å²) in [6, 6.07) is 18.0. The van der Waals surface area contributed by atoms with E-state index in [4.69, 9.17) is 0 Å². The number of benzene rings is 2. The number of likely N-dealkylation sites (tertiary alicyclic amines) is 1. The third-order valence-electron chi connectivity index (χ3n) is 8.66. The lowest BCUT2D eigenvalue weighted by molar-refractivity contribution is -0.137. The monoisotopic (exact) mass is 546 g/mol. The van der Waals surface area contributed by atoms with E-state index < -0.39 is 5.54 Å². The van der Waals surface area contributed by atoms with Crippen molar-refractivity contribution in [2.75, 3.05) is 37.7 Å². The number of piperidine rings is 1. The molecule has 1 unspecified atom stereocenters. The van der Waals surface area contributed by atoms with Crippen LogP contribution >= 0.6 is 0 Å². The van der Waals surface area contributed by atoms with E-state index in [9.17, 15) is 14.4 Å². The van der Waals surface area contributed by atoms with Gasteiger partial charge in [0.15, 0.2) is 0 Å². The highest BCUT2D eigenvalue weighted by Gasteiger charge is 2.54. The van der Waals surface area contributed by atoms with Gasteiger partial charge in [0, 0.05) is 30.9 Å². The molecule has 1 N–H and O–H groups in total. The van der Waals surface area contributed by atoms with Crippen LogP contribution in [-0.4, -0.2) is 65.9 Å². The molecular formula is C33H46N4O3. The van der Waals surface area contributed by atoms with E-state index >= 15 is 0 Å². The molecule has 1 atom stereocenters. The summed E-state index contributed by atoms with van der Waals surface area (Å²) in [6.45, 7) is 8.45. The molecule has 2 heterocycles. The molecule has 2 saturated heterocycles. The average molecular weight is 547 g/mol. The zero-order valence-electron chi connectivity index (χ0n) is 24.5. The van der Waals surface area contributed by atoms with Crippen LogP contribution in [0.5, 0.6) is 0 Å². The maximum absolute atomic E-state index is 13.9. The normalized spacial score (nSPS) is 17.4. The molecule has 2 aliphatic rings. The highest BCUT2D eigenvalue weighted by atomic mass is 16.2. The third kappa shape index (κ3) is 6.86. The van der Waals surface area contributed by atoms with Gasteiger partial charge >= 0.3 is 0 Å². The van der Waals surface area contributed by atoms with Crippen LogP contribution in [0, 0.1) is 5.92 Å². The van der Waals surface area contributed by atoms with Gasteiger partial charge in [-0.1, -0.05) is 76.8 Å². The molecule has 0 saturated carbocycles. The molecular weight excluding hydrogens is 500 g/mol. The van der Waals surface area contributed by atoms with Crippen molar-refractivity contribution in [2.24, 2.45) is 5.92 Å². The molecule has 216 valence electrons. The fourth-order valence-electron chi connectivity index (χ4n) is 5.82. The van der Waals surface area contributed by atoms with Gasteiger partial charge in [0.25, 0.3) is 11.8 Å². The van der Waals surface area contributed by atoms with Crippen molar-refractivity contribution in [1.29, 1.82) is 0 Å². The number of unbranched alkanes of at least 4 members (excludes halogenated alkanes) is 3. The fourth-order valence-corrected chi connectivity index (χ4v) is 5.82. The van der Waals surface area contributed by atoms with Gasteiger partial charge in [-0.25, -0.2) is 0 Å². The van der Waals surface area contributed by atoms with Crippen LogP contribution in [0.25, 0.3) is 0 Å². The van der Waals surface area contributed by atoms with E-state index in [2.05, 4.69) is 43.1 Å². The molecule has 2 aliphatic heterocycles. The van der Waals surface area contributed by atoms with Crippen LogP contribution in [0.15, 0.2) is 54.6 Å². The lowest BCUT2D eigenvalue weighted by Crippen LogP contribution is -2.57. The van der Waals surface area contributed by atoms with Crippen LogP contribution < -0.4 is 10.2 Å². The number of aryl methyl sites for hydroxylation is 1. The summed E-state index contributed by atoms with van der Waals surface area (Å²) in [5.74, 6) is 0.273. The number of amides is 3. The van der Waals surface area contributed by atoms with Gasteiger partial charge in [-0.05, 0) is 61.4 Å². The predicted octanol–water partition coefficient (Wildman–Crippen LogP) is 5.25. The number of nitrogens with one attached hydrogen (secondary N) is 1. The van der Waals surface area contributed by atoms with Gasteiger partial charge < -0.3 is 20.0 Å². The molecule has 0 aliphatic carbocycles. The Labute approximate surface area is 239 Å². The van der Waals surface area contributed by atoms with Crippen molar-refractivity contribution >= 4 is 23.4 Å². The number of hydrogen-bond acceptors (Lipinski definition) is 4. The molecule has 0 radical (unpaired) electrons. The SMILES string of the molecule is CCCCCCc1ccc(C(=O)N2CCC3(CC2)C(=O)N(CC(=O)NCC(C)CC)CN3c2ccccc2)cc1. The van der Waals surface area contributed by atoms with Crippen LogP contribution in [0.3, 0.4) is 0 Å². The molecule has 1 spiro atoms. The first kappa shape index (κ1) is 29.6. The van der Waals surface area contributed by atoms with Gasteiger partial charge in [-0.2, -0.15) is 0 Å². The number of anilines is 1. The lowest BCUT2D eigenvalue weighted by Gasteiger charge is -2.43. The topological polar surface area (TPSA) is 73.0 Å². The second-order valence-corrected chi connectivity index (χ2v) is 11.6. The van der Waals surface area contributed by atoms with Crippen molar-refractivity contribution < 1.29 is 14.4 Å². The van der Waals surface area contributed by atoms with Crippen LogP contribution in [-0.2, 0) is 16.0 Å². The van der Waals surface area contributed by atoms with E-state index in [1.54, 1.807) is 4.90 Å². The Morgan fingerprint density at radius 3 is 2.30 bits per heavy atom. The van der Waals surface area contributed by atoms with Gasteiger partial charge in [0.1, 0.15) is 12.1 Å². The molecule has 4 rings (SSSR count). The number of nitrogens with zero attached hydrogens (tertiary/aromatic N) is 3. The van der Waals surface area contributed by atoms with E-state index in [0.717, 1.165) is 18.5 Å². The van der Waals surface area contributed by atoms with Gasteiger partial charge in [0.2, 0.25) is 5.91 Å². The Balaban J connectivity index is 1.42. The maximum atomic E-state index is 13.9. The maximum Gasteiger partial charge on any atom is 0.253 e. The number of carbonyl (C=O) groups excluding carboxylic acids is 3. The zero-order valence-corrected chi connectivity index (χ0v) is 24.5. The summed E-state index contributed by atoms with van der Waals surface area (Å²) >= 11 is 0. The van der Waals surface area contributed by atoms with E-state index in [1.807, 2.05) is 47.4 Å². The number of carbonyl (C=O) groups is 3. The second-order valence-electron chi connectivity index (χ2n) is 11.6. The van der Waals surface area contributed by atoms with Crippen molar-refractivity contribution in [3.8, 4) is 0 Å². The number of para-hydroxylation sites is 1. The quantitative estimate of drug-likeness (QED) is 0.369. The molecule has 3 amide bonds. The van der Waals surface area contributed by atoms with Crippen LogP contribution in [0.2, 0.25) is 0 Å². The molecule has 0 bridgehead atoms. The minimum Gasteiger partial charge on any atom is -0.354 e. The second kappa shape index (κ2) is 13.8. The summed E-state index contributed by atoms with van der Waals surface area (Å²) in [4.78, 5) is 45.7. The Morgan fingerprint density at radius 1 is 0.950 bits per heavy atom. The minimum absolute atomic E-state index is 0.0189. The van der Waals surface area contributed by atoms with Gasteiger partial charge in [-0.3, -0.25) is 14.4 Å². The van der Waals surface area contributed by atoms with Crippen LogP contribution in [0.4, 0.5) is 5.69 Å². The molecule has 2 aromatic carbocycles. The summed E-state index contributed by atoms with van der Waals surface area (Å²) in [7, 11) is 0. The average Bonchev–Trinajstić information content (AvgIpc) is 3.25. The molecule has 7 heteroatoms. The summed E-state index contributed by atoms with van der Waals surface area (Å²) < 4.78 is 0. The van der Waals surface area contributed by atoms with Crippen molar-refractivity contribution in [2.45, 2.75) is 77.7 Å². The lowest BCUT2D eigenvalue weighted by atomic mass is 9.85. The Kier molecular flexibility index (Phi) is 10.2. The molecule has 2 fully saturated rings. The minimum atomic E-state index is -0.753. The summed E-state index contributed by atoms with van der Waals surface area (Å²) in [5.41, 5.74) is 2.18. The smallest absolute Gasteiger partial charge is 0.253 e. The summed E-state index contributed by atoms with van der Waals surface area (Å²) in [6.07, 6.45) is 8.02. The molecule has 40 heavy (non-hydrogen) atoms. The standard InChI is InChI=1S/C33H46N4O3/c1-4-6-7-9-12-27-15-17-28(18-16-27)31(39)35-21-19-33(20-22-35)32(40)36(24-30(38)34-23-26(3)5-2)25-37(33)29-13-10-8-11-14-29/h8,10-11,13-18,26H,4-7,9,12,19-25H2,1-3H3,(H,34,38). The summed E-state index contributed by atoms with van der Waals surface area (Å²) in [5, 5.41) is 2.98. The van der Waals surface area contributed by atoms with Crippen molar-refractivity contribution in [3.05, 3.63) is 65.7 Å². The first-order chi connectivity index (χ1) is 19.4. The van der Waals surface area contributed by atoms with Crippen molar-refractivity contribution in [1.82, 2.24) is 15.1 Å². The Morgan fingerprint density at radius 2 is 1.65 bits per heavy atom. The van der Waals surface area contributed by atoms with Crippen LogP contribution in [0.1, 0.15) is 81.6 Å². The van der Waals surface area contributed by atoms with Crippen molar-refractivity contribution in [3.63, 3.8) is 0 Å². The Hall–Kier alpha value is -3.35. The third-order valence-corrected chi connectivity index (χ3v) is 8.66. The number of hydrogen-bond donors (Lipinski definition) is 1. The van der Waals surface area contributed by atoms with E-state index in [0.29, 0.717) is 50.6 Å². The zero-order chi connectivity index (χ0) is 28.5. The molecule has 7 nitrogen and oxygen atoms in total. The van der Waals surface area contributed by atoms with E-state index in [1.165, 1.54) is 31.2 Å². The largest absolute Gasteiger partial charge is 0.354 e. The molecule has 0 aromatic heterocycles. The predicted molar refractivity (Wildman–Crippen MR) is 160 cm³/mol. The van der Waals surface area contributed by atoms with E-state index in [-0.39, 0.29) is 24.3 Å².